The molecular formula is C61H54FN15O3. The van der Waals surface area contributed by atoms with Crippen LogP contribution in [0.1, 0.15) is 22.3 Å². The highest BCUT2D eigenvalue weighted by Gasteiger charge is 2.12. The fourth-order valence-corrected chi connectivity index (χ4v) is 7.91. The molecule has 0 saturated heterocycles. The van der Waals surface area contributed by atoms with E-state index in [1.807, 2.05) is 117 Å². The zero-order valence-corrected chi connectivity index (χ0v) is 43.5. The molecule has 9 aromatic rings. The molecule has 3 heterocycles. The first-order valence-electron chi connectivity index (χ1n) is 25.2. The lowest BCUT2D eigenvalue weighted by Gasteiger charge is -2.12. The molecule has 0 atom stereocenters. The van der Waals surface area contributed by atoms with E-state index in [-0.39, 0.29) is 29.5 Å². The van der Waals surface area contributed by atoms with Gasteiger partial charge in [0.05, 0.1) is 6.20 Å². The van der Waals surface area contributed by atoms with Crippen LogP contribution in [-0.4, -0.2) is 47.6 Å². The number of carbonyl (C=O) groups is 3. The molecule has 0 bridgehead atoms. The molecule has 0 unspecified atom stereocenters. The van der Waals surface area contributed by atoms with Crippen molar-refractivity contribution in [2.24, 2.45) is 0 Å². The lowest BCUT2D eigenvalue weighted by atomic mass is 10.1. The molecule has 19 heteroatoms. The molecule has 9 N–H and O–H groups in total. The van der Waals surface area contributed by atoms with Crippen molar-refractivity contribution in [3.63, 3.8) is 0 Å². The Hall–Kier alpha value is -11.1. The van der Waals surface area contributed by atoms with Crippen molar-refractivity contribution in [2.75, 3.05) is 47.9 Å². The number of nitrogens with one attached hydrogen (secondary N) is 9. The lowest BCUT2D eigenvalue weighted by molar-refractivity contribution is -0.112. The van der Waals surface area contributed by atoms with Crippen molar-refractivity contribution in [1.29, 1.82) is 0 Å². The summed E-state index contributed by atoms with van der Waals surface area (Å²) in [4.78, 5) is 64.2. The molecule has 9 rings (SSSR count). The second kappa shape index (κ2) is 26.1. The van der Waals surface area contributed by atoms with E-state index in [1.54, 1.807) is 73.1 Å². The second-order valence-corrected chi connectivity index (χ2v) is 18.0. The SMILES string of the molecule is C=CC(=O)Nc1cccc(Nc2ncc(F)c(Nc3cccc(C/C=C/C(=O)Nc4cccc(Nc5ncc(C)c(Nc6cccc(C/C=C/C(=O)Nc7cccc(Nc8nccc(Nc9cccc(C)c9)n8)c7)c6)n5)c4)c3)n2)c1. The summed E-state index contributed by atoms with van der Waals surface area (Å²) in [5.41, 5.74) is 9.76. The van der Waals surface area contributed by atoms with Gasteiger partial charge in [0.2, 0.25) is 35.6 Å². The van der Waals surface area contributed by atoms with Crippen LogP contribution in [0.15, 0.2) is 207 Å². The fraction of sp³-hybridized carbons (Fsp3) is 0.0656. The molecular weight excluding hydrogens is 1010 g/mol. The summed E-state index contributed by atoms with van der Waals surface area (Å²) < 4.78 is 14.9. The molecule has 0 aliphatic heterocycles. The third-order valence-corrected chi connectivity index (χ3v) is 11.6. The van der Waals surface area contributed by atoms with Crippen molar-refractivity contribution in [1.82, 2.24) is 29.9 Å². The first-order valence-corrected chi connectivity index (χ1v) is 25.2. The number of aromatic nitrogens is 6. The molecule has 0 aliphatic rings. The molecule has 0 aliphatic carbocycles. The molecule has 0 spiro atoms. The van der Waals surface area contributed by atoms with E-state index in [9.17, 15) is 18.8 Å². The van der Waals surface area contributed by atoms with Gasteiger partial charge in [-0.25, -0.2) is 19.3 Å². The molecule has 6 aromatic carbocycles. The number of amides is 3. The largest absolute Gasteiger partial charge is 0.340 e. The van der Waals surface area contributed by atoms with Crippen molar-refractivity contribution < 1.29 is 18.8 Å². The molecule has 80 heavy (non-hydrogen) atoms. The standard InChI is InChI=1S/C61H54FN15O3/c1-4-54(78)67-46-21-10-25-50(34-46)74-61-65-38-52(62)58(77-61)71-45-20-7-15-42(33-45)17-9-28-56(80)69-48-23-12-26-51(36-48)73-60-64-37-40(3)57(76-60)70-44-19-6-14-41(32-44)16-8-27-55(79)68-47-22-11-24-49(35-47)72-59-63-30-29-53(75-59)66-43-18-5-13-39(2)31-43/h4-15,18-38H,1,16-17H2,2-3H3,(H,67,78)(H,68,79)(H,69,80)(H2,63,66,72,75)(H2,64,70,73,76)(H2,65,71,74,77)/b27-8+,28-9+. The Kier molecular flexibility index (Phi) is 17.5. The molecule has 3 amide bonds. The van der Waals surface area contributed by atoms with Crippen LogP contribution >= 0.6 is 0 Å². The maximum Gasteiger partial charge on any atom is 0.248 e. The number of hydrogen-bond donors (Lipinski definition) is 9. The smallest absolute Gasteiger partial charge is 0.248 e. The van der Waals surface area contributed by atoms with E-state index in [0.29, 0.717) is 76.2 Å². The van der Waals surface area contributed by atoms with Gasteiger partial charge in [-0.3, -0.25) is 14.4 Å². The van der Waals surface area contributed by atoms with E-state index >= 15 is 0 Å². The predicted molar refractivity (Wildman–Crippen MR) is 316 cm³/mol. The van der Waals surface area contributed by atoms with Crippen LogP contribution in [-0.2, 0) is 27.2 Å². The van der Waals surface area contributed by atoms with Crippen LogP contribution in [0.25, 0.3) is 0 Å². The van der Waals surface area contributed by atoms with Crippen LogP contribution in [0, 0.1) is 19.7 Å². The van der Waals surface area contributed by atoms with Gasteiger partial charge in [0.1, 0.15) is 11.6 Å². The summed E-state index contributed by atoms with van der Waals surface area (Å²) in [7, 11) is 0. The molecule has 18 nitrogen and oxygen atoms in total. The quantitative estimate of drug-likeness (QED) is 0.0287. The Bertz CT molecular complexity index is 3780. The molecule has 0 radical (unpaired) electrons. The summed E-state index contributed by atoms with van der Waals surface area (Å²) >= 11 is 0. The van der Waals surface area contributed by atoms with Crippen LogP contribution in [0.3, 0.4) is 0 Å². The highest BCUT2D eigenvalue weighted by Crippen LogP contribution is 2.27. The highest BCUT2D eigenvalue weighted by atomic mass is 19.1. The number of halogens is 1. The van der Waals surface area contributed by atoms with Crippen LogP contribution in [0.5, 0.6) is 0 Å². The topological polar surface area (TPSA) is 237 Å². The van der Waals surface area contributed by atoms with Gasteiger partial charge >= 0.3 is 0 Å². The Labute approximate surface area is 460 Å². The second-order valence-electron chi connectivity index (χ2n) is 18.0. The van der Waals surface area contributed by atoms with Crippen LogP contribution < -0.4 is 47.9 Å². The zero-order chi connectivity index (χ0) is 55.6. The molecule has 0 saturated carbocycles. The summed E-state index contributed by atoms with van der Waals surface area (Å²) in [6.07, 6.45) is 13.1. The number of allylic oxidation sites excluding steroid dienone is 2. The van der Waals surface area contributed by atoms with Gasteiger partial charge in [-0.1, -0.05) is 73.3 Å². The van der Waals surface area contributed by atoms with Gasteiger partial charge in [-0.15, -0.1) is 0 Å². The number of nitrogens with zero attached hydrogens (tertiary/aromatic N) is 6. The van der Waals surface area contributed by atoms with Crippen molar-refractivity contribution >= 4 is 104 Å². The van der Waals surface area contributed by atoms with Gasteiger partial charge in [-0.2, -0.15) is 15.0 Å². The van der Waals surface area contributed by atoms with Gasteiger partial charge in [-0.05, 0) is 159 Å². The summed E-state index contributed by atoms with van der Waals surface area (Å²) in [5.74, 6) is 0.480. The molecule has 0 fully saturated rings. The minimum atomic E-state index is -0.655. The predicted octanol–water partition coefficient (Wildman–Crippen LogP) is 12.9. The fourth-order valence-electron chi connectivity index (χ4n) is 7.91. The van der Waals surface area contributed by atoms with Crippen molar-refractivity contribution in [2.45, 2.75) is 26.7 Å². The van der Waals surface area contributed by atoms with E-state index in [1.165, 1.54) is 18.2 Å². The number of rotatable bonds is 22. The van der Waals surface area contributed by atoms with E-state index in [2.05, 4.69) is 79.3 Å². The highest BCUT2D eigenvalue weighted by molar-refractivity contribution is 6.00. The van der Waals surface area contributed by atoms with Gasteiger partial charge in [0, 0.05) is 69.1 Å². The Morgan fingerprint density at radius 2 is 0.900 bits per heavy atom. The van der Waals surface area contributed by atoms with E-state index < -0.39 is 5.82 Å². The van der Waals surface area contributed by atoms with Crippen molar-refractivity contribution in [3.05, 3.63) is 235 Å². The Morgan fingerprint density at radius 3 is 1.44 bits per heavy atom. The summed E-state index contributed by atoms with van der Waals surface area (Å²) in [5, 5.41) is 27.7. The maximum atomic E-state index is 14.9. The maximum absolute atomic E-state index is 14.9. The average Bonchev–Trinajstić information content (AvgIpc) is 3.44. The lowest BCUT2D eigenvalue weighted by Crippen LogP contribution is -2.08. The third-order valence-electron chi connectivity index (χ3n) is 11.6. The number of benzene rings is 6. The number of hydrogen-bond acceptors (Lipinski definition) is 15. The minimum Gasteiger partial charge on any atom is -0.340 e. The van der Waals surface area contributed by atoms with Crippen LogP contribution in [0.2, 0.25) is 0 Å². The third kappa shape index (κ3) is 16.0. The normalized spacial score (nSPS) is 10.9. The Balaban J connectivity index is 0.734. The van der Waals surface area contributed by atoms with Crippen molar-refractivity contribution in [3.8, 4) is 0 Å². The van der Waals surface area contributed by atoms with Gasteiger partial charge in [0.25, 0.3) is 0 Å². The zero-order valence-electron chi connectivity index (χ0n) is 43.5. The number of aryl methyl sites for hydroxylation is 2. The molecule has 398 valence electrons. The van der Waals surface area contributed by atoms with Gasteiger partial charge in [0.15, 0.2) is 11.6 Å². The number of carbonyl (C=O) groups excluding carboxylic acids is 3. The Morgan fingerprint density at radius 1 is 0.463 bits per heavy atom. The minimum absolute atomic E-state index is 0.0441. The van der Waals surface area contributed by atoms with E-state index in [0.717, 1.165) is 39.8 Å². The summed E-state index contributed by atoms with van der Waals surface area (Å²) in [6.45, 7) is 7.40. The molecule has 3 aromatic heterocycles. The number of anilines is 15. The first-order chi connectivity index (χ1) is 38.9. The van der Waals surface area contributed by atoms with E-state index in [4.69, 9.17) is 4.98 Å². The average molecular weight is 1060 g/mol. The first kappa shape index (κ1) is 53.7. The van der Waals surface area contributed by atoms with Crippen LogP contribution in [0.4, 0.5) is 90.9 Å². The summed E-state index contributed by atoms with van der Waals surface area (Å²) in [6, 6.07) is 46.4. The van der Waals surface area contributed by atoms with Gasteiger partial charge < -0.3 is 47.9 Å². The monoisotopic (exact) mass is 1060 g/mol.